The van der Waals surface area contributed by atoms with Crippen molar-refractivity contribution < 1.29 is 19.1 Å². The molecule has 2 aliphatic rings. The standard InChI is InChI=1S/C21H24N6O3.CH2O2/c28-20(23-5-6-26-14-22-13-24-26)18-3-4-19-16-8-15(10-27(19)21(18)29)9-25(11-16)12-17-2-1-7-30-17;2-1-3/h1-4,7,13-16H,5-6,8-12H2,(H,23,28);1H,(H,2,3)/t15-,16+;/m0./s1. The van der Waals surface area contributed by atoms with Gasteiger partial charge in [-0.2, -0.15) is 5.10 Å². The topological polar surface area (TPSA) is 135 Å². The van der Waals surface area contributed by atoms with E-state index >= 15 is 0 Å². The van der Waals surface area contributed by atoms with Crippen LogP contribution in [0, 0.1) is 5.92 Å². The van der Waals surface area contributed by atoms with Crippen molar-refractivity contribution in [3.05, 3.63) is 70.6 Å². The summed E-state index contributed by atoms with van der Waals surface area (Å²) in [5, 5.41) is 13.7. The summed E-state index contributed by atoms with van der Waals surface area (Å²) in [6.07, 6.45) is 5.82. The van der Waals surface area contributed by atoms with Crippen LogP contribution in [0.5, 0.6) is 0 Å². The lowest BCUT2D eigenvalue weighted by atomic mass is 9.83. The van der Waals surface area contributed by atoms with E-state index < -0.39 is 0 Å². The lowest BCUT2D eigenvalue weighted by Gasteiger charge is -2.42. The number of amides is 1. The molecular weight excluding hydrogens is 428 g/mol. The van der Waals surface area contributed by atoms with Crippen molar-refractivity contribution in [3.63, 3.8) is 0 Å². The van der Waals surface area contributed by atoms with E-state index in [1.807, 2.05) is 22.8 Å². The summed E-state index contributed by atoms with van der Waals surface area (Å²) in [5.41, 5.74) is 1.03. The minimum absolute atomic E-state index is 0.194. The highest BCUT2D eigenvalue weighted by molar-refractivity contribution is 5.93. The number of carbonyl (C=O) groups is 2. The van der Waals surface area contributed by atoms with Gasteiger partial charge in [0.15, 0.2) is 0 Å². The summed E-state index contributed by atoms with van der Waals surface area (Å²) in [7, 11) is 0. The maximum Gasteiger partial charge on any atom is 0.290 e. The molecule has 0 aliphatic carbocycles. The Balaban J connectivity index is 0.000000821. The van der Waals surface area contributed by atoms with Gasteiger partial charge in [0.05, 0.1) is 19.4 Å². The SMILES string of the molecule is O=C(NCCn1cncn1)c1ccc2n(c1=O)C[C@H]1C[C@@H]2CN(Cc2ccco2)C1.O=CO. The van der Waals surface area contributed by atoms with Crippen LogP contribution in [0.1, 0.15) is 34.2 Å². The number of nitrogens with zero attached hydrogens (tertiary/aromatic N) is 5. The maximum atomic E-state index is 13.1. The molecule has 3 aromatic heterocycles. The van der Waals surface area contributed by atoms with Crippen LogP contribution in [0.25, 0.3) is 0 Å². The molecule has 0 spiro atoms. The Bertz CT molecular complexity index is 1120. The van der Waals surface area contributed by atoms with Gasteiger partial charge in [0, 0.05) is 37.8 Å². The summed E-state index contributed by atoms with van der Waals surface area (Å²) in [6.45, 7) is 3.90. The number of hydrogen-bond acceptors (Lipinski definition) is 7. The first-order valence-electron chi connectivity index (χ1n) is 10.8. The molecular formula is C22H26N6O5. The largest absolute Gasteiger partial charge is 0.483 e. The Morgan fingerprint density at radius 1 is 1.27 bits per heavy atom. The zero-order chi connectivity index (χ0) is 23.2. The van der Waals surface area contributed by atoms with Crippen LogP contribution in [-0.4, -0.2) is 61.4 Å². The molecule has 5 rings (SSSR count). The Labute approximate surface area is 189 Å². The van der Waals surface area contributed by atoms with Crippen LogP contribution in [0.15, 0.2) is 52.4 Å². The van der Waals surface area contributed by atoms with E-state index in [1.54, 1.807) is 23.3 Å². The van der Waals surface area contributed by atoms with Gasteiger partial charge in [0.25, 0.3) is 17.9 Å². The van der Waals surface area contributed by atoms with Crippen LogP contribution in [-0.2, 0) is 24.4 Å². The predicted octanol–water partition coefficient (Wildman–Crippen LogP) is 0.783. The van der Waals surface area contributed by atoms with Gasteiger partial charge < -0.3 is 19.4 Å². The zero-order valence-corrected chi connectivity index (χ0v) is 18.0. The molecule has 33 heavy (non-hydrogen) atoms. The third-order valence-corrected chi connectivity index (χ3v) is 5.98. The first-order chi connectivity index (χ1) is 16.1. The molecule has 2 N–H and O–H groups in total. The third-order valence-electron chi connectivity index (χ3n) is 5.98. The molecule has 1 saturated heterocycles. The molecule has 174 valence electrons. The molecule has 5 heterocycles. The van der Waals surface area contributed by atoms with E-state index in [-0.39, 0.29) is 23.5 Å². The molecule has 2 atom stereocenters. The van der Waals surface area contributed by atoms with Crippen LogP contribution in [0.3, 0.4) is 0 Å². The number of rotatable bonds is 6. The maximum absolute atomic E-state index is 13.1. The van der Waals surface area contributed by atoms with Gasteiger partial charge >= 0.3 is 0 Å². The zero-order valence-electron chi connectivity index (χ0n) is 18.0. The number of pyridine rings is 1. The lowest BCUT2D eigenvalue weighted by molar-refractivity contribution is -0.122. The molecule has 2 bridgehead atoms. The Morgan fingerprint density at radius 3 is 2.85 bits per heavy atom. The van der Waals surface area contributed by atoms with Crippen LogP contribution in [0.4, 0.5) is 0 Å². The van der Waals surface area contributed by atoms with Crippen molar-refractivity contribution in [1.82, 2.24) is 29.5 Å². The number of likely N-dealkylation sites (tertiary alicyclic amines) is 1. The molecule has 0 saturated carbocycles. The van der Waals surface area contributed by atoms with E-state index in [9.17, 15) is 9.59 Å². The third kappa shape index (κ3) is 5.20. The number of aromatic nitrogens is 4. The van der Waals surface area contributed by atoms with E-state index in [4.69, 9.17) is 14.3 Å². The summed E-state index contributed by atoms with van der Waals surface area (Å²) in [4.78, 5) is 40.3. The minimum atomic E-state index is -0.342. The Morgan fingerprint density at radius 2 is 2.12 bits per heavy atom. The second kappa shape index (κ2) is 10.3. The average molecular weight is 454 g/mol. The van der Waals surface area contributed by atoms with Gasteiger partial charge in [0.2, 0.25) is 0 Å². The van der Waals surface area contributed by atoms with Crippen LogP contribution >= 0.6 is 0 Å². The van der Waals surface area contributed by atoms with Crippen molar-refractivity contribution in [3.8, 4) is 0 Å². The first-order valence-corrected chi connectivity index (χ1v) is 10.8. The number of nitrogens with one attached hydrogen (secondary N) is 1. The summed E-state index contributed by atoms with van der Waals surface area (Å²) >= 11 is 0. The highest BCUT2D eigenvalue weighted by Gasteiger charge is 2.35. The van der Waals surface area contributed by atoms with Gasteiger partial charge in [-0.3, -0.25) is 24.0 Å². The molecule has 11 nitrogen and oxygen atoms in total. The minimum Gasteiger partial charge on any atom is -0.483 e. The molecule has 11 heteroatoms. The number of hydrogen-bond donors (Lipinski definition) is 2. The van der Waals surface area contributed by atoms with Crippen LogP contribution < -0.4 is 10.9 Å². The molecule has 3 aromatic rings. The van der Waals surface area contributed by atoms with Crippen molar-refractivity contribution in [2.75, 3.05) is 19.6 Å². The molecule has 2 aliphatic heterocycles. The van der Waals surface area contributed by atoms with Gasteiger partial charge in [-0.05, 0) is 36.6 Å². The van der Waals surface area contributed by atoms with Crippen molar-refractivity contribution in [1.29, 1.82) is 0 Å². The van der Waals surface area contributed by atoms with E-state index in [0.717, 1.165) is 37.5 Å². The molecule has 0 aromatic carbocycles. The fourth-order valence-corrected chi connectivity index (χ4v) is 4.70. The van der Waals surface area contributed by atoms with E-state index in [1.165, 1.54) is 6.33 Å². The predicted molar refractivity (Wildman–Crippen MR) is 117 cm³/mol. The highest BCUT2D eigenvalue weighted by Crippen LogP contribution is 2.35. The molecule has 1 amide bonds. The first kappa shape index (κ1) is 22.5. The van der Waals surface area contributed by atoms with E-state index in [2.05, 4.69) is 20.3 Å². The summed E-state index contributed by atoms with van der Waals surface area (Å²) in [5.74, 6) is 1.31. The molecule has 0 unspecified atom stereocenters. The quantitative estimate of drug-likeness (QED) is 0.522. The Kier molecular flexibility index (Phi) is 6.98. The number of carboxylic acid groups (broad SMARTS) is 1. The Hall–Kier alpha value is -3.73. The van der Waals surface area contributed by atoms with Crippen molar-refractivity contribution in [2.45, 2.75) is 32.0 Å². The molecule has 0 radical (unpaired) electrons. The van der Waals surface area contributed by atoms with Gasteiger partial charge in [-0.15, -0.1) is 0 Å². The van der Waals surface area contributed by atoms with Crippen LogP contribution in [0.2, 0.25) is 0 Å². The van der Waals surface area contributed by atoms with Crippen molar-refractivity contribution >= 4 is 12.4 Å². The smallest absolute Gasteiger partial charge is 0.290 e. The fourth-order valence-electron chi connectivity index (χ4n) is 4.70. The summed E-state index contributed by atoms with van der Waals surface area (Å²) < 4.78 is 8.94. The van der Waals surface area contributed by atoms with E-state index in [0.29, 0.717) is 31.5 Å². The summed E-state index contributed by atoms with van der Waals surface area (Å²) in [6, 6.07) is 7.53. The fraction of sp³-hybridized carbons (Fsp3) is 0.409. The number of piperidine rings is 1. The highest BCUT2D eigenvalue weighted by atomic mass is 16.3. The van der Waals surface area contributed by atoms with Gasteiger partial charge in [0.1, 0.15) is 24.0 Å². The second-order valence-electron chi connectivity index (χ2n) is 8.18. The normalized spacial score (nSPS) is 19.2. The van der Waals surface area contributed by atoms with Gasteiger partial charge in [-0.1, -0.05) is 0 Å². The lowest BCUT2D eigenvalue weighted by Crippen LogP contribution is -2.47. The second-order valence-corrected chi connectivity index (χ2v) is 8.18. The number of fused-ring (bicyclic) bond motifs is 4. The number of furan rings is 1. The monoisotopic (exact) mass is 454 g/mol. The molecule has 1 fully saturated rings. The average Bonchev–Trinajstić information content (AvgIpc) is 3.49. The number of carbonyl (C=O) groups excluding carboxylic acids is 1. The van der Waals surface area contributed by atoms with Gasteiger partial charge in [-0.25, -0.2) is 4.98 Å². The van der Waals surface area contributed by atoms with Crippen molar-refractivity contribution in [2.24, 2.45) is 5.92 Å².